The van der Waals surface area contributed by atoms with Crippen LogP contribution < -0.4 is 5.32 Å². The van der Waals surface area contributed by atoms with E-state index in [1.807, 2.05) is 13.0 Å². The average Bonchev–Trinajstić information content (AvgIpc) is 2.75. The van der Waals surface area contributed by atoms with Gasteiger partial charge in [0.05, 0.1) is 6.10 Å². The van der Waals surface area contributed by atoms with Crippen molar-refractivity contribution < 1.29 is 9.53 Å². The number of nitrogens with one attached hydrogen (secondary N) is 2. The minimum absolute atomic E-state index is 0.0750. The molecule has 5 heteroatoms. The molecule has 1 aromatic rings. The van der Waals surface area contributed by atoms with E-state index in [9.17, 15) is 4.79 Å². The fraction of sp³-hybridized carbons (Fsp3) is 0.667. The first kappa shape index (κ1) is 12.1. The number of ether oxygens (including phenoxy) is 1. The van der Waals surface area contributed by atoms with Crippen molar-refractivity contribution in [1.82, 2.24) is 10.2 Å². The lowest BCUT2D eigenvalue weighted by Crippen LogP contribution is -2.29. The van der Waals surface area contributed by atoms with Crippen LogP contribution in [0.4, 0.5) is 5.82 Å². The molecule has 0 radical (unpaired) electrons. The fourth-order valence-corrected chi connectivity index (χ4v) is 2.27. The molecular weight excluding hydrogens is 218 g/mol. The van der Waals surface area contributed by atoms with E-state index in [0.29, 0.717) is 11.9 Å². The summed E-state index contributed by atoms with van der Waals surface area (Å²) in [5.41, 5.74) is 0.948. The molecule has 1 amide bonds. The van der Waals surface area contributed by atoms with Crippen LogP contribution in [0.2, 0.25) is 0 Å². The Bertz CT molecular complexity index is 381. The summed E-state index contributed by atoms with van der Waals surface area (Å²) in [4.78, 5) is 12.0. The van der Waals surface area contributed by atoms with E-state index in [1.54, 1.807) is 7.11 Å². The normalized spacial score (nSPS) is 24.6. The van der Waals surface area contributed by atoms with Crippen LogP contribution in [0.3, 0.4) is 0 Å². The predicted octanol–water partition coefficient (Wildman–Crippen LogP) is 1.86. The van der Waals surface area contributed by atoms with E-state index in [4.69, 9.17) is 4.74 Å². The maximum atomic E-state index is 12.0. The highest BCUT2D eigenvalue weighted by Crippen LogP contribution is 2.26. The monoisotopic (exact) mass is 237 g/mol. The molecule has 1 aromatic heterocycles. The van der Waals surface area contributed by atoms with Crippen molar-refractivity contribution in [2.24, 2.45) is 5.92 Å². The van der Waals surface area contributed by atoms with Gasteiger partial charge in [0, 0.05) is 24.8 Å². The van der Waals surface area contributed by atoms with Gasteiger partial charge >= 0.3 is 0 Å². The molecular formula is C12H19N3O2. The maximum absolute atomic E-state index is 12.0. The Morgan fingerprint density at radius 2 is 2.18 bits per heavy atom. The molecule has 1 saturated carbocycles. The average molecular weight is 237 g/mol. The highest BCUT2D eigenvalue weighted by molar-refractivity contribution is 5.91. The molecule has 0 saturated heterocycles. The van der Waals surface area contributed by atoms with Crippen LogP contribution in [-0.4, -0.2) is 29.3 Å². The van der Waals surface area contributed by atoms with Gasteiger partial charge in [0.25, 0.3) is 0 Å². The van der Waals surface area contributed by atoms with Crippen LogP contribution in [0.15, 0.2) is 6.07 Å². The number of carbonyl (C=O) groups is 1. The van der Waals surface area contributed by atoms with Gasteiger partial charge in [-0.15, -0.1) is 0 Å². The number of aromatic nitrogens is 2. The molecule has 1 aliphatic carbocycles. The smallest absolute Gasteiger partial charge is 0.228 e. The van der Waals surface area contributed by atoms with E-state index in [2.05, 4.69) is 15.5 Å². The lowest BCUT2D eigenvalue weighted by Gasteiger charge is -2.26. The van der Waals surface area contributed by atoms with Gasteiger partial charge in [-0.2, -0.15) is 5.10 Å². The number of nitrogens with zero attached hydrogens (tertiary/aromatic N) is 1. The summed E-state index contributed by atoms with van der Waals surface area (Å²) in [6.07, 6.45) is 4.05. The summed E-state index contributed by atoms with van der Waals surface area (Å²) in [6.45, 7) is 1.91. The van der Waals surface area contributed by atoms with E-state index in [1.165, 1.54) is 0 Å². The number of methoxy groups -OCH3 is 1. The second-order valence-electron chi connectivity index (χ2n) is 4.63. The third kappa shape index (κ3) is 3.06. The highest BCUT2D eigenvalue weighted by atomic mass is 16.5. The zero-order chi connectivity index (χ0) is 12.3. The van der Waals surface area contributed by atoms with Gasteiger partial charge in [0.15, 0.2) is 5.82 Å². The molecule has 0 aromatic carbocycles. The van der Waals surface area contributed by atoms with Gasteiger partial charge < -0.3 is 10.1 Å². The Morgan fingerprint density at radius 1 is 1.47 bits per heavy atom. The van der Waals surface area contributed by atoms with Gasteiger partial charge in [-0.05, 0) is 32.6 Å². The predicted molar refractivity (Wildman–Crippen MR) is 64.7 cm³/mol. The van der Waals surface area contributed by atoms with Crippen LogP contribution in [0.5, 0.6) is 0 Å². The van der Waals surface area contributed by atoms with Gasteiger partial charge in [-0.3, -0.25) is 9.89 Å². The SMILES string of the molecule is COC1CCC(C(=O)Nc2cc(C)[nH]n2)CC1. The van der Waals surface area contributed by atoms with Crippen LogP contribution >= 0.6 is 0 Å². The van der Waals surface area contributed by atoms with Crippen molar-refractivity contribution in [3.05, 3.63) is 11.8 Å². The highest BCUT2D eigenvalue weighted by Gasteiger charge is 2.26. The third-order valence-corrected chi connectivity index (χ3v) is 3.34. The van der Waals surface area contributed by atoms with Crippen molar-refractivity contribution in [2.45, 2.75) is 38.7 Å². The molecule has 0 spiro atoms. The number of hydrogen-bond acceptors (Lipinski definition) is 3. The largest absolute Gasteiger partial charge is 0.381 e. The lowest BCUT2D eigenvalue weighted by molar-refractivity contribution is -0.121. The van der Waals surface area contributed by atoms with E-state index < -0.39 is 0 Å². The molecule has 0 atom stereocenters. The van der Waals surface area contributed by atoms with Crippen LogP contribution in [0.1, 0.15) is 31.4 Å². The topological polar surface area (TPSA) is 67.0 Å². The zero-order valence-corrected chi connectivity index (χ0v) is 10.3. The molecule has 1 fully saturated rings. The minimum Gasteiger partial charge on any atom is -0.381 e. The molecule has 17 heavy (non-hydrogen) atoms. The summed E-state index contributed by atoms with van der Waals surface area (Å²) >= 11 is 0. The fourth-order valence-electron chi connectivity index (χ4n) is 2.27. The van der Waals surface area contributed by atoms with Crippen LogP contribution in [-0.2, 0) is 9.53 Å². The molecule has 5 nitrogen and oxygen atoms in total. The summed E-state index contributed by atoms with van der Waals surface area (Å²) in [5, 5.41) is 9.65. The van der Waals surface area contributed by atoms with Gasteiger partial charge in [0.1, 0.15) is 0 Å². The minimum atomic E-state index is 0.0750. The lowest BCUT2D eigenvalue weighted by atomic mass is 9.87. The van der Waals surface area contributed by atoms with Crippen LogP contribution in [0.25, 0.3) is 0 Å². The molecule has 1 heterocycles. The summed E-state index contributed by atoms with van der Waals surface area (Å²) in [5.74, 6) is 0.783. The van der Waals surface area contributed by atoms with Gasteiger partial charge in [0.2, 0.25) is 5.91 Å². The number of rotatable bonds is 3. The second-order valence-corrected chi connectivity index (χ2v) is 4.63. The van der Waals surface area contributed by atoms with Crippen LogP contribution in [0, 0.1) is 12.8 Å². The molecule has 2 N–H and O–H groups in total. The molecule has 0 bridgehead atoms. The summed E-state index contributed by atoms with van der Waals surface area (Å²) < 4.78 is 5.29. The molecule has 2 rings (SSSR count). The Morgan fingerprint density at radius 3 is 2.71 bits per heavy atom. The van der Waals surface area contributed by atoms with Crippen molar-refractivity contribution in [3.63, 3.8) is 0 Å². The van der Waals surface area contributed by atoms with E-state index >= 15 is 0 Å². The van der Waals surface area contributed by atoms with Crippen molar-refractivity contribution in [2.75, 3.05) is 12.4 Å². The molecule has 1 aliphatic rings. The first-order chi connectivity index (χ1) is 8.19. The third-order valence-electron chi connectivity index (χ3n) is 3.34. The Kier molecular flexibility index (Phi) is 3.78. The molecule has 94 valence electrons. The van der Waals surface area contributed by atoms with E-state index in [0.717, 1.165) is 31.4 Å². The molecule has 0 aliphatic heterocycles. The first-order valence-electron chi connectivity index (χ1n) is 6.04. The number of amides is 1. The maximum Gasteiger partial charge on any atom is 0.228 e. The van der Waals surface area contributed by atoms with Gasteiger partial charge in [-0.25, -0.2) is 0 Å². The standard InChI is InChI=1S/C12H19N3O2/c1-8-7-11(15-14-8)13-12(16)9-3-5-10(17-2)6-4-9/h7,9-10H,3-6H2,1-2H3,(H2,13,14,15,16). The summed E-state index contributed by atoms with van der Waals surface area (Å²) in [7, 11) is 1.73. The van der Waals surface area contributed by atoms with Gasteiger partial charge in [-0.1, -0.05) is 0 Å². The number of hydrogen-bond donors (Lipinski definition) is 2. The second kappa shape index (κ2) is 5.31. The number of anilines is 1. The van der Waals surface area contributed by atoms with Crippen molar-refractivity contribution in [3.8, 4) is 0 Å². The van der Waals surface area contributed by atoms with E-state index in [-0.39, 0.29) is 11.8 Å². The summed E-state index contributed by atoms with van der Waals surface area (Å²) in [6, 6.07) is 1.83. The Labute approximate surface area is 101 Å². The molecule has 0 unspecified atom stereocenters. The quantitative estimate of drug-likeness (QED) is 0.843. The zero-order valence-electron chi connectivity index (χ0n) is 10.3. The van der Waals surface area contributed by atoms with Crippen molar-refractivity contribution >= 4 is 11.7 Å². The number of carbonyl (C=O) groups excluding carboxylic acids is 1. The first-order valence-corrected chi connectivity index (χ1v) is 6.04. The number of H-pyrrole nitrogens is 1. The Balaban J connectivity index is 1.85. The van der Waals surface area contributed by atoms with Crippen molar-refractivity contribution in [1.29, 1.82) is 0 Å². The number of aromatic amines is 1. The number of aryl methyl sites for hydroxylation is 1. The Hall–Kier alpha value is -1.36.